The van der Waals surface area contributed by atoms with Crippen molar-refractivity contribution in [3.63, 3.8) is 0 Å². The van der Waals surface area contributed by atoms with E-state index in [1.165, 1.54) is 5.56 Å². The molecule has 0 saturated carbocycles. The molecule has 0 radical (unpaired) electrons. The van der Waals surface area contributed by atoms with Gasteiger partial charge in [0.15, 0.2) is 0 Å². The van der Waals surface area contributed by atoms with Gasteiger partial charge in [-0.2, -0.15) is 0 Å². The van der Waals surface area contributed by atoms with Crippen LogP contribution in [-0.4, -0.2) is 17.6 Å². The monoisotopic (exact) mass is 203 g/mol. The number of nitrogens with zero attached hydrogens (tertiary/aromatic N) is 1. The van der Waals surface area contributed by atoms with Crippen molar-refractivity contribution >= 4 is 0 Å². The summed E-state index contributed by atoms with van der Waals surface area (Å²) in [5, 5.41) is 3.55. The van der Waals surface area contributed by atoms with E-state index >= 15 is 0 Å². The van der Waals surface area contributed by atoms with Crippen molar-refractivity contribution in [2.24, 2.45) is 5.73 Å². The maximum absolute atomic E-state index is 5.77. The molecule has 0 spiro atoms. The zero-order valence-electron chi connectivity index (χ0n) is 8.76. The smallest absolute Gasteiger partial charge is 0.0462 e. The van der Waals surface area contributed by atoms with Crippen molar-refractivity contribution in [1.29, 1.82) is 0 Å². The Hall–Kier alpha value is -1.19. The SMILES string of the molecule is NCC(NC1CC=CC1)c1cccnc1. The summed E-state index contributed by atoms with van der Waals surface area (Å²) in [5.74, 6) is 0. The molecular formula is C12H17N3. The maximum atomic E-state index is 5.77. The van der Waals surface area contributed by atoms with Crippen molar-refractivity contribution in [2.45, 2.75) is 24.9 Å². The number of nitrogens with one attached hydrogen (secondary N) is 1. The highest BCUT2D eigenvalue weighted by molar-refractivity contribution is 5.15. The van der Waals surface area contributed by atoms with Gasteiger partial charge in [0, 0.05) is 31.0 Å². The van der Waals surface area contributed by atoms with Gasteiger partial charge in [-0.05, 0) is 24.5 Å². The average molecular weight is 203 g/mol. The summed E-state index contributed by atoms with van der Waals surface area (Å²) < 4.78 is 0. The lowest BCUT2D eigenvalue weighted by Crippen LogP contribution is -2.35. The standard InChI is InChI=1S/C12H17N3/c13-8-12(10-4-3-7-14-9-10)15-11-5-1-2-6-11/h1-4,7,9,11-12,15H,5-6,8,13H2. The Kier molecular flexibility index (Phi) is 3.48. The van der Waals surface area contributed by atoms with E-state index in [1.807, 2.05) is 12.3 Å². The molecule has 1 aliphatic carbocycles. The van der Waals surface area contributed by atoms with Crippen LogP contribution in [0.1, 0.15) is 24.4 Å². The molecular weight excluding hydrogens is 186 g/mol. The van der Waals surface area contributed by atoms with E-state index < -0.39 is 0 Å². The molecule has 3 nitrogen and oxygen atoms in total. The Morgan fingerprint density at radius 2 is 2.27 bits per heavy atom. The lowest BCUT2D eigenvalue weighted by molar-refractivity contribution is 0.452. The zero-order chi connectivity index (χ0) is 10.5. The molecule has 3 N–H and O–H groups in total. The molecule has 0 aliphatic heterocycles. The molecule has 1 aliphatic rings. The lowest BCUT2D eigenvalue weighted by Gasteiger charge is -2.21. The fourth-order valence-corrected chi connectivity index (χ4v) is 1.92. The molecule has 0 aromatic carbocycles. The largest absolute Gasteiger partial charge is 0.329 e. The molecule has 15 heavy (non-hydrogen) atoms. The van der Waals surface area contributed by atoms with Gasteiger partial charge in [0.05, 0.1) is 0 Å². The van der Waals surface area contributed by atoms with Crippen LogP contribution in [0.2, 0.25) is 0 Å². The van der Waals surface area contributed by atoms with Crippen LogP contribution in [0.4, 0.5) is 0 Å². The minimum Gasteiger partial charge on any atom is -0.329 e. The van der Waals surface area contributed by atoms with Gasteiger partial charge < -0.3 is 11.1 Å². The minimum absolute atomic E-state index is 0.226. The second kappa shape index (κ2) is 5.05. The topological polar surface area (TPSA) is 50.9 Å². The number of pyridine rings is 1. The summed E-state index contributed by atoms with van der Waals surface area (Å²) in [4.78, 5) is 4.12. The van der Waals surface area contributed by atoms with E-state index in [1.54, 1.807) is 6.20 Å². The highest BCUT2D eigenvalue weighted by Gasteiger charge is 2.16. The van der Waals surface area contributed by atoms with Gasteiger partial charge in [-0.3, -0.25) is 4.98 Å². The van der Waals surface area contributed by atoms with Crippen molar-refractivity contribution < 1.29 is 0 Å². The summed E-state index contributed by atoms with van der Waals surface area (Å²) >= 11 is 0. The fourth-order valence-electron chi connectivity index (χ4n) is 1.92. The van der Waals surface area contributed by atoms with Gasteiger partial charge in [-0.25, -0.2) is 0 Å². The molecule has 3 heteroatoms. The van der Waals surface area contributed by atoms with E-state index in [2.05, 4.69) is 28.5 Å². The number of nitrogens with two attached hydrogens (primary N) is 1. The maximum Gasteiger partial charge on any atom is 0.0462 e. The second-order valence-electron chi connectivity index (χ2n) is 3.88. The van der Waals surface area contributed by atoms with E-state index in [4.69, 9.17) is 5.73 Å². The third-order valence-electron chi connectivity index (χ3n) is 2.77. The van der Waals surface area contributed by atoms with Crippen molar-refractivity contribution in [1.82, 2.24) is 10.3 Å². The number of hydrogen-bond acceptors (Lipinski definition) is 3. The van der Waals surface area contributed by atoms with Gasteiger partial charge in [0.25, 0.3) is 0 Å². The Morgan fingerprint density at radius 3 is 2.87 bits per heavy atom. The van der Waals surface area contributed by atoms with Crippen LogP contribution >= 0.6 is 0 Å². The van der Waals surface area contributed by atoms with E-state index in [0.717, 1.165) is 12.8 Å². The van der Waals surface area contributed by atoms with Crippen LogP contribution in [0, 0.1) is 0 Å². The van der Waals surface area contributed by atoms with Gasteiger partial charge in [-0.15, -0.1) is 0 Å². The summed E-state index contributed by atoms with van der Waals surface area (Å²) in [6.45, 7) is 0.613. The Morgan fingerprint density at radius 1 is 1.47 bits per heavy atom. The summed E-state index contributed by atoms with van der Waals surface area (Å²) in [6, 6.07) is 4.79. The predicted octanol–water partition coefficient (Wildman–Crippen LogP) is 1.39. The highest BCUT2D eigenvalue weighted by atomic mass is 15.0. The summed E-state index contributed by atoms with van der Waals surface area (Å²) in [7, 11) is 0. The lowest BCUT2D eigenvalue weighted by atomic mass is 10.1. The second-order valence-corrected chi connectivity index (χ2v) is 3.88. The summed E-state index contributed by atoms with van der Waals surface area (Å²) in [5.41, 5.74) is 6.95. The van der Waals surface area contributed by atoms with Crippen LogP contribution in [0.15, 0.2) is 36.7 Å². The van der Waals surface area contributed by atoms with Crippen LogP contribution in [-0.2, 0) is 0 Å². The first-order chi connectivity index (χ1) is 7.40. The van der Waals surface area contributed by atoms with Gasteiger partial charge >= 0.3 is 0 Å². The van der Waals surface area contributed by atoms with Gasteiger partial charge in [-0.1, -0.05) is 18.2 Å². The molecule has 1 heterocycles. The van der Waals surface area contributed by atoms with Crippen molar-refractivity contribution in [2.75, 3.05) is 6.54 Å². The first-order valence-corrected chi connectivity index (χ1v) is 5.41. The third kappa shape index (κ3) is 2.64. The molecule has 0 fully saturated rings. The first kappa shape index (κ1) is 10.3. The van der Waals surface area contributed by atoms with Gasteiger partial charge in [0.1, 0.15) is 0 Å². The van der Waals surface area contributed by atoms with E-state index in [0.29, 0.717) is 12.6 Å². The molecule has 1 unspecified atom stereocenters. The molecule has 0 saturated heterocycles. The molecule has 0 bridgehead atoms. The van der Waals surface area contributed by atoms with Crippen LogP contribution in [0.5, 0.6) is 0 Å². The van der Waals surface area contributed by atoms with Crippen LogP contribution in [0.3, 0.4) is 0 Å². The Labute approximate surface area is 90.4 Å². The number of hydrogen-bond donors (Lipinski definition) is 2. The van der Waals surface area contributed by atoms with E-state index in [9.17, 15) is 0 Å². The Balaban J connectivity index is 1.98. The van der Waals surface area contributed by atoms with Crippen LogP contribution in [0.25, 0.3) is 0 Å². The van der Waals surface area contributed by atoms with Gasteiger partial charge in [0.2, 0.25) is 0 Å². The first-order valence-electron chi connectivity index (χ1n) is 5.41. The fraction of sp³-hybridized carbons (Fsp3) is 0.417. The number of aromatic nitrogens is 1. The average Bonchev–Trinajstić information content (AvgIpc) is 2.80. The predicted molar refractivity (Wildman–Crippen MR) is 61.3 cm³/mol. The van der Waals surface area contributed by atoms with Crippen molar-refractivity contribution in [3.05, 3.63) is 42.2 Å². The molecule has 2 rings (SSSR count). The molecule has 1 atom stereocenters. The normalized spacial score (nSPS) is 18.2. The molecule has 80 valence electrons. The van der Waals surface area contributed by atoms with E-state index in [-0.39, 0.29) is 6.04 Å². The highest BCUT2D eigenvalue weighted by Crippen LogP contribution is 2.16. The molecule has 0 amide bonds. The minimum atomic E-state index is 0.226. The van der Waals surface area contributed by atoms with Crippen LogP contribution < -0.4 is 11.1 Å². The quantitative estimate of drug-likeness (QED) is 0.727. The zero-order valence-corrected chi connectivity index (χ0v) is 8.76. The van der Waals surface area contributed by atoms with Crippen molar-refractivity contribution in [3.8, 4) is 0 Å². The molecule has 1 aromatic heterocycles. The summed E-state index contributed by atoms with van der Waals surface area (Å²) in [6.07, 6.45) is 10.3. The third-order valence-corrected chi connectivity index (χ3v) is 2.77. The number of rotatable bonds is 4. The molecule has 1 aromatic rings. The Bertz CT molecular complexity index is 313.